The number of aromatic nitrogens is 1. The van der Waals surface area contributed by atoms with Crippen LogP contribution >= 0.6 is 0 Å². The van der Waals surface area contributed by atoms with Crippen LogP contribution in [0.15, 0.2) is 36.5 Å². The minimum Gasteiger partial charge on any atom is -0.491 e. The van der Waals surface area contributed by atoms with Gasteiger partial charge in [0.15, 0.2) is 23.2 Å². The van der Waals surface area contributed by atoms with Gasteiger partial charge in [-0.05, 0) is 104 Å². The average Bonchev–Trinajstić information content (AvgIpc) is 4.05. The van der Waals surface area contributed by atoms with E-state index in [1.165, 1.54) is 39.1 Å². The van der Waals surface area contributed by atoms with Crippen molar-refractivity contribution in [2.75, 3.05) is 13.2 Å². The van der Waals surface area contributed by atoms with Crippen LogP contribution in [0.4, 0.5) is 18.0 Å². The maximum Gasteiger partial charge on any atom is 0.408 e. The number of ether oxygens (including phenoxy) is 3. The molecule has 1 aromatic carbocycles. The number of allylic oxidation sites excluding steroid dienone is 1. The van der Waals surface area contributed by atoms with Crippen LogP contribution in [0.25, 0.3) is 10.8 Å². The van der Waals surface area contributed by atoms with Crippen molar-refractivity contribution in [3.05, 3.63) is 42.4 Å². The number of carboxylic acid groups (broad SMARTS) is 1. The minimum atomic E-state index is -4.33. The molecule has 2 aliphatic carbocycles. The predicted molar refractivity (Wildman–Crippen MR) is 208 cm³/mol. The molecule has 1 saturated heterocycles. The Hall–Kier alpha value is -4.65. The summed E-state index contributed by atoms with van der Waals surface area (Å²) in [6.45, 7) is 9.56. The van der Waals surface area contributed by atoms with Gasteiger partial charge < -0.3 is 29.5 Å². The van der Waals surface area contributed by atoms with Gasteiger partial charge in [-0.15, -0.1) is 0 Å². The number of carbonyl (C=O) groups is 4. The number of benzene rings is 1. The van der Waals surface area contributed by atoms with Crippen LogP contribution in [-0.2, 0) is 29.1 Å². The molecular weight excluding hydrogens is 800 g/mol. The first-order valence-electron chi connectivity index (χ1n) is 19.9. The third-order valence-corrected chi connectivity index (χ3v) is 14.1. The number of rotatable bonds is 10. The number of sulfonamides is 1. The largest absolute Gasteiger partial charge is 0.491 e. The van der Waals surface area contributed by atoms with Crippen LogP contribution in [0.2, 0.25) is 0 Å². The van der Waals surface area contributed by atoms with Crippen molar-refractivity contribution < 1.29 is 60.1 Å². The molecule has 2 aliphatic heterocycles. The van der Waals surface area contributed by atoms with Gasteiger partial charge in [0.05, 0.1) is 30.1 Å². The number of pyridine rings is 1. The molecule has 0 unspecified atom stereocenters. The summed E-state index contributed by atoms with van der Waals surface area (Å²) in [6.07, 6.45) is 2.52. The number of nitrogens with one attached hydrogen (secondary N) is 2. The molecule has 59 heavy (non-hydrogen) atoms. The van der Waals surface area contributed by atoms with Crippen molar-refractivity contribution in [1.82, 2.24) is 24.8 Å². The quantitative estimate of drug-likeness (QED) is 0.275. The standard InChI is InChI=1S/C40H52F3N5O10S/c1-8-28-30(48(22(3)4)36(52)53)34(50)47-21-38(7,58-33-26-19-27(41)29(56-9-2)18-24(26)14-17-44-33)40(42,43)31(47)32(49)45-39(20-25(39)13-11-10-12-23(5)57-28)35(51)46-59(54,55)37(6)15-16-37/h11,13-14,17-19,22-23,25,28,30-31H,8-10,12,15-16,20-21H2,1-7H3,(H,45,49)(H,46,51)(H,52,53)/b13-11-/t23-,25-,28+,30+,31+,38-,39-/m1/s1. The van der Waals surface area contributed by atoms with E-state index in [9.17, 15) is 27.9 Å². The normalized spacial score (nSPS) is 30.9. The van der Waals surface area contributed by atoms with E-state index in [0.29, 0.717) is 23.1 Å². The molecule has 15 nitrogen and oxygen atoms in total. The number of fused-ring (bicyclic) bond motifs is 3. The lowest BCUT2D eigenvalue weighted by Crippen LogP contribution is -2.64. The van der Waals surface area contributed by atoms with Crippen LogP contribution in [0.5, 0.6) is 11.6 Å². The first-order valence-corrected chi connectivity index (χ1v) is 21.3. The van der Waals surface area contributed by atoms with Gasteiger partial charge in [0.1, 0.15) is 11.6 Å². The molecule has 4 amide bonds. The highest BCUT2D eigenvalue weighted by molar-refractivity contribution is 7.91. The van der Waals surface area contributed by atoms with E-state index in [1.54, 1.807) is 32.9 Å². The molecule has 7 atom stereocenters. The van der Waals surface area contributed by atoms with E-state index in [0.717, 1.165) is 17.9 Å². The molecule has 6 rings (SSSR count). The fraction of sp³-hybridized carbons (Fsp3) is 0.625. The molecule has 19 heteroatoms. The number of alkyl halides is 2. The third-order valence-electron chi connectivity index (χ3n) is 12.0. The Balaban J connectivity index is 1.49. The molecule has 0 radical (unpaired) electrons. The van der Waals surface area contributed by atoms with Gasteiger partial charge in [0.2, 0.25) is 27.7 Å². The number of amides is 4. The maximum absolute atomic E-state index is 17.5. The van der Waals surface area contributed by atoms with Crippen LogP contribution < -0.4 is 19.5 Å². The van der Waals surface area contributed by atoms with E-state index in [-0.39, 0.29) is 43.4 Å². The number of hydrogen-bond acceptors (Lipinski definition) is 10. The van der Waals surface area contributed by atoms with Gasteiger partial charge in [-0.2, -0.15) is 8.78 Å². The zero-order valence-corrected chi connectivity index (χ0v) is 34.9. The summed E-state index contributed by atoms with van der Waals surface area (Å²) >= 11 is 0. The summed E-state index contributed by atoms with van der Waals surface area (Å²) in [5.74, 6) is -10.4. The van der Waals surface area contributed by atoms with Gasteiger partial charge in [0, 0.05) is 23.5 Å². The van der Waals surface area contributed by atoms with Gasteiger partial charge in [0.25, 0.3) is 5.91 Å². The third kappa shape index (κ3) is 7.91. The summed E-state index contributed by atoms with van der Waals surface area (Å²) < 4.78 is 95.1. The zero-order valence-electron chi connectivity index (χ0n) is 34.1. The number of nitrogens with zero attached hydrogens (tertiary/aromatic N) is 3. The highest BCUT2D eigenvalue weighted by Crippen LogP contribution is 2.50. The molecule has 3 N–H and O–H groups in total. The molecular formula is C40H52F3N5O10S. The van der Waals surface area contributed by atoms with Crippen LogP contribution in [0.3, 0.4) is 0 Å². The van der Waals surface area contributed by atoms with Crippen molar-refractivity contribution in [3.63, 3.8) is 0 Å². The van der Waals surface area contributed by atoms with Crippen molar-refractivity contribution in [2.24, 2.45) is 5.92 Å². The van der Waals surface area contributed by atoms with E-state index in [2.05, 4.69) is 15.0 Å². The molecule has 0 bridgehead atoms. The fourth-order valence-corrected chi connectivity index (χ4v) is 9.33. The summed E-state index contributed by atoms with van der Waals surface area (Å²) in [5, 5.41) is 13.2. The molecule has 4 aliphatic rings. The summed E-state index contributed by atoms with van der Waals surface area (Å²) in [6, 6.07) is -1.53. The van der Waals surface area contributed by atoms with Crippen molar-refractivity contribution in [2.45, 2.75) is 139 Å². The molecule has 324 valence electrons. The number of carbonyl (C=O) groups excluding carboxylic acids is 3. The van der Waals surface area contributed by atoms with Gasteiger partial charge in [-0.25, -0.2) is 22.6 Å². The van der Waals surface area contributed by atoms with Crippen molar-refractivity contribution >= 4 is 44.6 Å². The second-order valence-corrected chi connectivity index (χ2v) is 18.9. The molecule has 3 heterocycles. The average molecular weight is 852 g/mol. The lowest BCUT2D eigenvalue weighted by Gasteiger charge is -2.40. The second kappa shape index (κ2) is 15.7. The fourth-order valence-electron chi connectivity index (χ4n) is 8.02. The van der Waals surface area contributed by atoms with E-state index in [4.69, 9.17) is 14.2 Å². The molecule has 3 fully saturated rings. The van der Waals surface area contributed by atoms with Gasteiger partial charge in [-0.3, -0.25) is 24.0 Å². The van der Waals surface area contributed by atoms with E-state index in [1.807, 2.05) is 0 Å². The number of hydrogen-bond donors (Lipinski definition) is 3. The minimum absolute atomic E-state index is 0.0253. The van der Waals surface area contributed by atoms with E-state index >= 15 is 18.0 Å². The van der Waals surface area contributed by atoms with Gasteiger partial charge >= 0.3 is 12.0 Å². The molecule has 2 aromatic rings. The summed E-state index contributed by atoms with van der Waals surface area (Å²) in [7, 11) is -4.24. The highest BCUT2D eigenvalue weighted by atomic mass is 32.2. The molecule has 2 saturated carbocycles. The second-order valence-electron chi connectivity index (χ2n) is 16.7. The van der Waals surface area contributed by atoms with Crippen LogP contribution in [0, 0.1) is 11.7 Å². The van der Waals surface area contributed by atoms with Gasteiger partial charge in [-0.1, -0.05) is 19.1 Å². The Kier molecular flexibility index (Phi) is 11.7. The van der Waals surface area contributed by atoms with Crippen molar-refractivity contribution in [3.8, 4) is 11.6 Å². The molecule has 1 aromatic heterocycles. The summed E-state index contributed by atoms with van der Waals surface area (Å²) in [5.41, 5.74) is -4.79. The van der Waals surface area contributed by atoms with E-state index < -0.39 is 110 Å². The Morgan fingerprint density at radius 1 is 1.19 bits per heavy atom. The zero-order chi connectivity index (χ0) is 43.5. The Morgan fingerprint density at radius 3 is 2.49 bits per heavy atom. The monoisotopic (exact) mass is 851 g/mol. The smallest absolute Gasteiger partial charge is 0.408 e. The topological polar surface area (TPSA) is 194 Å². The maximum atomic E-state index is 17.5. The lowest BCUT2D eigenvalue weighted by molar-refractivity contribution is -0.165. The lowest BCUT2D eigenvalue weighted by atomic mass is 9.96. The summed E-state index contributed by atoms with van der Waals surface area (Å²) in [4.78, 5) is 62.0. The number of halogens is 3. The highest BCUT2D eigenvalue weighted by Gasteiger charge is 2.72. The predicted octanol–water partition coefficient (Wildman–Crippen LogP) is 4.92. The molecule has 0 spiro atoms. The first-order chi connectivity index (χ1) is 27.6. The van der Waals surface area contributed by atoms with Crippen LogP contribution in [-0.4, -0.2) is 117 Å². The Labute approximate surface area is 341 Å². The van der Waals surface area contributed by atoms with Crippen LogP contribution in [0.1, 0.15) is 87.0 Å². The SMILES string of the molecule is CCOc1cc2ccnc(O[C@]3(C)CN4C(=O)[C@@H](N(C(=O)O)C(C)C)[C@H](CC)O[C@H](C)CC/C=C\[C@@H]5C[C@@]5(C(=O)NS(=O)(=O)C5(C)CC5)NC(=O)[C@H]4C3(F)F)c2cc1F. The Morgan fingerprint density at radius 2 is 1.88 bits per heavy atom. The van der Waals surface area contributed by atoms with Crippen molar-refractivity contribution in [1.29, 1.82) is 0 Å². The Bertz CT molecular complexity index is 2150. The first kappa shape index (κ1) is 43.9.